The van der Waals surface area contributed by atoms with Crippen LogP contribution in [0.15, 0.2) is 0 Å². The van der Waals surface area contributed by atoms with Crippen LogP contribution in [-0.4, -0.2) is 20.3 Å². The van der Waals surface area contributed by atoms with Crippen LogP contribution in [0.2, 0.25) is 18.1 Å². The van der Waals surface area contributed by atoms with Crippen molar-refractivity contribution in [1.29, 1.82) is 0 Å². The molecule has 84 valence electrons. The smallest absolute Gasteiger partial charge is 0.192 e. The van der Waals surface area contributed by atoms with Crippen LogP contribution in [0.5, 0.6) is 0 Å². The summed E-state index contributed by atoms with van der Waals surface area (Å²) in [5.74, 6) is 1.42. The molecule has 0 amide bonds. The van der Waals surface area contributed by atoms with Gasteiger partial charge in [-0.3, -0.25) is 0 Å². The summed E-state index contributed by atoms with van der Waals surface area (Å²) in [4.78, 5) is 0. The van der Waals surface area contributed by atoms with E-state index in [4.69, 9.17) is 16.0 Å². The SMILES string of the molecule is CC(C)(C)[Si](C)(C)O[C@H](CCl)C1CC1. The topological polar surface area (TPSA) is 9.23 Å². The molecule has 0 aliphatic heterocycles. The van der Waals surface area contributed by atoms with Gasteiger partial charge in [0.25, 0.3) is 0 Å². The predicted molar refractivity (Wildman–Crippen MR) is 65.5 cm³/mol. The fourth-order valence-electron chi connectivity index (χ4n) is 1.28. The maximum absolute atomic E-state index is 6.28. The molecule has 1 nitrogen and oxygen atoms in total. The standard InChI is InChI=1S/C11H23ClOSi/c1-11(2,3)14(4,5)13-10(8-12)9-6-7-9/h9-10H,6-8H2,1-5H3/t10-/m1/s1. The lowest BCUT2D eigenvalue weighted by Gasteiger charge is -2.39. The van der Waals surface area contributed by atoms with Gasteiger partial charge in [-0.25, -0.2) is 0 Å². The molecule has 1 fully saturated rings. The molecule has 1 rings (SSSR count). The average molecular weight is 235 g/mol. The molecule has 1 aliphatic carbocycles. The van der Waals surface area contributed by atoms with Gasteiger partial charge in [-0.15, -0.1) is 11.6 Å². The highest BCUT2D eigenvalue weighted by molar-refractivity contribution is 6.74. The van der Waals surface area contributed by atoms with E-state index in [1.165, 1.54) is 12.8 Å². The van der Waals surface area contributed by atoms with Gasteiger partial charge < -0.3 is 4.43 Å². The molecule has 0 radical (unpaired) electrons. The number of hydrogen-bond acceptors (Lipinski definition) is 1. The fourth-order valence-corrected chi connectivity index (χ4v) is 3.08. The second kappa shape index (κ2) is 4.15. The van der Waals surface area contributed by atoms with Gasteiger partial charge in [0.1, 0.15) is 0 Å². The van der Waals surface area contributed by atoms with Crippen molar-refractivity contribution in [3.05, 3.63) is 0 Å². The van der Waals surface area contributed by atoms with Crippen molar-refractivity contribution in [2.45, 2.75) is 57.8 Å². The van der Waals surface area contributed by atoms with E-state index in [0.29, 0.717) is 17.0 Å². The molecule has 0 unspecified atom stereocenters. The number of hydrogen-bond donors (Lipinski definition) is 0. The third-order valence-electron chi connectivity index (χ3n) is 3.55. The van der Waals surface area contributed by atoms with Crippen molar-refractivity contribution in [2.75, 3.05) is 5.88 Å². The van der Waals surface area contributed by atoms with Gasteiger partial charge in [-0.2, -0.15) is 0 Å². The fraction of sp³-hybridized carbons (Fsp3) is 1.00. The molecular formula is C11H23ClOSi. The third kappa shape index (κ3) is 2.98. The molecule has 0 heterocycles. The summed E-state index contributed by atoms with van der Waals surface area (Å²) in [5, 5.41) is 0.298. The van der Waals surface area contributed by atoms with E-state index < -0.39 is 8.32 Å². The molecule has 0 saturated heterocycles. The summed E-state index contributed by atoms with van der Waals surface area (Å²) >= 11 is 5.96. The largest absolute Gasteiger partial charge is 0.412 e. The van der Waals surface area contributed by atoms with Gasteiger partial charge in [0.2, 0.25) is 0 Å². The molecule has 0 spiro atoms. The lowest BCUT2D eigenvalue weighted by atomic mass is 10.2. The quantitative estimate of drug-likeness (QED) is 0.527. The third-order valence-corrected chi connectivity index (χ3v) is 8.36. The molecular weight excluding hydrogens is 212 g/mol. The Morgan fingerprint density at radius 2 is 1.86 bits per heavy atom. The zero-order valence-electron chi connectivity index (χ0n) is 10.1. The molecule has 1 aliphatic rings. The Bertz CT molecular complexity index is 194. The molecule has 0 N–H and O–H groups in total. The van der Waals surface area contributed by atoms with Gasteiger partial charge in [0, 0.05) is 5.88 Å². The van der Waals surface area contributed by atoms with Crippen LogP contribution in [0.1, 0.15) is 33.6 Å². The number of alkyl halides is 1. The Hall–Kier alpha value is 0.467. The minimum atomic E-state index is -1.60. The van der Waals surface area contributed by atoms with E-state index in [1.807, 2.05) is 0 Å². The Kier molecular flexibility index (Phi) is 3.71. The van der Waals surface area contributed by atoms with Gasteiger partial charge in [0.05, 0.1) is 6.10 Å². The first-order valence-corrected chi connectivity index (χ1v) is 8.96. The molecule has 0 aromatic carbocycles. The van der Waals surface area contributed by atoms with Crippen LogP contribution in [-0.2, 0) is 4.43 Å². The summed E-state index contributed by atoms with van der Waals surface area (Å²) in [5.41, 5.74) is 0. The average Bonchev–Trinajstić information content (AvgIpc) is 2.80. The van der Waals surface area contributed by atoms with Crippen LogP contribution in [0.3, 0.4) is 0 Å². The second-order valence-electron chi connectivity index (χ2n) is 5.91. The molecule has 3 heteroatoms. The summed E-state index contributed by atoms with van der Waals surface area (Å²) in [6.07, 6.45) is 2.94. The van der Waals surface area contributed by atoms with Crippen molar-refractivity contribution in [3.63, 3.8) is 0 Å². The highest BCUT2D eigenvalue weighted by atomic mass is 35.5. The maximum Gasteiger partial charge on any atom is 0.192 e. The normalized spacial score (nSPS) is 21.0. The monoisotopic (exact) mass is 234 g/mol. The van der Waals surface area contributed by atoms with E-state index in [2.05, 4.69) is 33.9 Å². The van der Waals surface area contributed by atoms with Crippen molar-refractivity contribution >= 4 is 19.9 Å². The Morgan fingerprint density at radius 1 is 1.36 bits per heavy atom. The van der Waals surface area contributed by atoms with E-state index in [9.17, 15) is 0 Å². The molecule has 1 saturated carbocycles. The summed E-state index contributed by atoms with van der Waals surface area (Å²) in [6.45, 7) is 11.4. The zero-order chi connectivity index (χ0) is 11.0. The summed E-state index contributed by atoms with van der Waals surface area (Å²) in [7, 11) is -1.60. The molecule has 0 aromatic heterocycles. The van der Waals surface area contributed by atoms with E-state index in [0.717, 1.165) is 5.92 Å². The van der Waals surface area contributed by atoms with Crippen molar-refractivity contribution in [3.8, 4) is 0 Å². The van der Waals surface area contributed by atoms with Crippen molar-refractivity contribution < 1.29 is 4.43 Å². The van der Waals surface area contributed by atoms with Gasteiger partial charge in [-0.05, 0) is 36.9 Å². The molecule has 0 aromatic rings. The summed E-state index contributed by atoms with van der Waals surface area (Å²) in [6, 6.07) is 0. The minimum Gasteiger partial charge on any atom is -0.412 e. The highest BCUT2D eigenvalue weighted by Crippen LogP contribution is 2.42. The molecule has 0 bridgehead atoms. The highest BCUT2D eigenvalue weighted by Gasteiger charge is 2.42. The van der Waals surface area contributed by atoms with Crippen LogP contribution < -0.4 is 0 Å². The van der Waals surface area contributed by atoms with E-state index in [-0.39, 0.29) is 0 Å². The zero-order valence-corrected chi connectivity index (χ0v) is 11.8. The lowest BCUT2D eigenvalue weighted by molar-refractivity contribution is 0.180. The Balaban J connectivity index is 2.55. The van der Waals surface area contributed by atoms with Crippen molar-refractivity contribution in [2.24, 2.45) is 5.92 Å². The van der Waals surface area contributed by atoms with Crippen molar-refractivity contribution in [1.82, 2.24) is 0 Å². The van der Waals surface area contributed by atoms with Gasteiger partial charge >= 0.3 is 0 Å². The van der Waals surface area contributed by atoms with Crippen LogP contribution in [0, 0.1) is 5.92 Å². The summed E-state index contributed by atoms with van der Waals surface area (Å²) < 4.78 is 6.28. The van der Waals surface area contributed by atoms with Gasteiger partial charge in [0.15, 0.2) is 8.32 Å². The number of halogens is 1. The predicted octanol–water partition coefficient (Wildman–Crippen LogP) is 4.03. The Morgan fingerprint density at radius 3 is 2.14 bits per heavy atom. The van der Waals surface area contributed by atoms with E-state index in [1.54, 1.807) is 0 Å². The Labute approximate surface area is 94.3 Å². The van der Waals surface area contributed by atoms with E-state index >= 15 is 0 Å². The van der Waals surface area contributed by atoms with Gasteiger partial charge in [-0.1, -0.05) is 20.8 Å². The molecule has 14 heavy (non-hydrogen) atoms. The lowest BCUT2D eigenvalue weighted by Crippen LogP contribution is -2.45. The first-order valence-electron chi connectivity index (χ1n) is 5.52. The maximum atomic E-state index is 6.28. The number of rotatable bonds is 4. The molecule has 1 atom stereocenters. The van der Waals surface area contributed by atoms with Crippen LogP contribution in [0.25, 0.3) is 0 Å². The first-order chi connectivity index (χ1) is 6.28. The van der Waals surface area contributed by atoms with Crippen LogP contribution in [0.4, 0.5) is 0 Å². The second-order valence-corrected chi connectivity index (χ2v) is 11.0. The first kappa shape index (κ1) is 12.5. The minimum absolute atomic E-state index is 0.298. The van der Waals surface area contributed by atoms with Crippen LogP contribution >= 0.6 is 11.6 Å².